The Morgan fingerprint density at radius 1 is 1.21 bits per heavy atom. The summed E-state index contributed by atoms with van der Waals surface area (Å²) in [5.41, 5.74) is 1.56. The fourth-order valence-corrected chi connectivity index (χ4v) is 4.61. The van der Waals surface area contributed by atoms with E-state index in [1.807, 2.05) is 6.07 Å². The van der Waals surface area contributed by atoms with Crippen molar-refractivity contribution in [3.63, 3.8) is 0 Å². The lowest BCUT2D eigenvalue weighted by Gasteiger charge is -2.38. The Labute approximate surface area is 188 Å². The van der Waals surface area contributed by atoms with Crippen LogP contribution in [-0.4, -0.2) is 50.8 Å². The highest BCUT2D eigenvalue weighted by Gasteiger charge is 2.24. The topological polar surface area (TPSA) is 108 Å². The number of fused-ring (bicyclic) bond motifs is 2. The fraction of sp³-hybridized carbons (Fsp3) is 0.304. The zero-order valence-electron chi connectivity index (χ0n) is 18.5. The molecule has 1 aliphatic heterocycles. The van der Waals surface area contributed by atoms with Crippen molar-refractivity contribution in [3.8, 4) is 0 Å². The molecular weight excluding hydrogens is 425 g/mol. The minimum absolute atomic E-state index is 0.236. The third kappa shape index (κ3) is 3.93. The summed E-state index contributed by atoms with van der Waals surface area (Å²) < 4.78 is 16.0. The van der Waals surface area contributed by atoms with Crippen LogP contribution in [-0.2, 0) is 7.05 Å². The fourth-order valence-electron chi connectivity index (χ4n) is 4.61. The second-order valence-corrected chi connectivity index (χ2v) is 8.64. The smallest absolute Gasteiger partial charge is 0.345 e. The van der Waals surface area contributed by atoms with Gasteiger partial charge in [0.2, 0.25) is 0 Å². The van der Waals surface area contributed by atoms with E-state index in [0.717, 1.165) is 18.8 Å². The lowest BCUT2D eigenvalue weighted by atomic mass is 10.0. The van der Waals surface area contributed by atoms with Gasteiger partial charge in [-0.3, -0.25) is 9.48 Å². The molecule has 0 unspecified atom stereocenters. The molecule has 170 valence electrons. The van der Waals surface area contributed by atoms with Gasteiger partial charge in [0.15, 0.2) is 5.82 Å². The number of carbonyl (C=O) groups excluding carboxylic acids is 1. The minimum Gasteiger partial charge on any atom is -0.368 e. The van der Waals surface area contributed by atoms with E-state index >= 15 is 0 Å². The van der Waals surface area contributed by atoms with Gasteiger partial charge in [-0.1, -0.05) is 0 Å². The maximum Gasteiger partial charge on any atom is 0.345 e. The Morgan fingerprint density at radius 2 is 1.97 bits per heavy atom. The van der Waals surface area contributed by atoms with E-state index in [1.54, 1.807) is 25.4 Å². The number of nitrogens with zero attached hydrogens (tertiary/aromatic N) is 4. The molecule has 3 N–H and O–H groups in total. The maximum atomic E-state index is 14.4. The van der Waals surface area contributed by atoms with E-state index in [4.69, 9.17) is 0 Å². The van der Waals surface area contributed by atoms with E-state index in [1.165, 1.54) is 16.9 Å². The van der Waals surface area contributed by atoms with Crippen LogP contribution in [0.2, 0.25) is 0 Å². The lowest BCUT2D eigenvalue weighted by Crippen LogP contribution is -2.54. The molecule has 1 amide bonds. The first-order chi connectivity index (χ1) is 15.8. The van der Waals surface area contributed by atoms with Gasteiger partial charge in [-0.2, -0.15) is 5.10 Å². The molecule has 2 aromatic heterocycles. The first-order valence-corrected chi connectivity index (χ1v) is 10.8. The quantitative estimate of drug-likeness (QED) is 0.443. The number of rotatable bonds is 3. The number of halogens is 1. The number of hydrogen-bond donors (Lipinski definition) is 3. The van der Waals surface area contributed by atoms with Gasteiger partial charge in [0.05, 0.1) is 11.1 Å². The summed E-state index contributed by atoms with van der Waals surface area (Å²) in [5.74, 6) is -0.985. The largest absolute Gasteiger partial charge is 0.368 e. The Balaban J connectivity index is 1.54. The van der Waals surface area contributed by atoms with Crippen molar-refractivity contribution < 1.29 is 9.18 Å². The molecule has 0 bridgehead atoms. The Kier molecular flexibility index (Phi) is 5.09. The summed E-state index contributed by atoms with van der Waals surface area (Å²) >= 11 is 0. The highest BCUT2D eigenvalue weighted by molar-refractivity contribution is 6.14. The zero-order valence-corrected chi connectivity index (χ0v) is 18.5. The van der Waals surface area contributed by atoms with Crippen molar-refractivity contribution in [1.82, 2.24) is 25.1 Å². The highest BCUT2D eigenvalue weighted by atomic mass is 19.1. The summed E-state index contributed by atoms with van der Waals surface area (Å²) in [6, 6.07) is 7.02. The third-order valence-electron chi connectivity index (χ3n) is 5.84. The number of aryl methyl sites for hydroxylation is 1. The highest BCUT2D eigenvalue weighted by Crippen LogP contribution is 2.29. The van der Waals surface area contributed by atoms with E-state index in [-0.39, 0.29) is 11.1 Å². The molecule has 1 aliphatic rings. The van der Waals surface area contributed by atoms with Crippen molar-refractivity contribution in [2.45, 2.75) is 25.9 Å². The molecule has 4 aromatic rings. The van der Waals surface area contributed by atoms with Crippen molar-refractivity contribution in [3.05, 3.63) is 58.5 Å². The molecule has 1 fully saturated rings. The predicted octanol–water partition coefficient (Wildman–Crippen LogP) is 2.39. The van der Waals surface area contributed by atoms with Crippen molar-refractivity contribution in [1.29, 1.82) is 0 Å². The molecule has 33 heavy (non-hydrogen) atoms. The average molecular weight is 449 g/mol. The van der Waals surface area contributed by atoms with Gasteiger partial charge >= 0.3 is 5.69 Å². The monoisotopic (exact) mass is 449 g/mol. The van der Waals surface area contributed by atoms with Crippen LogP contribution >= 0.6 is 0 Å². The van der Waals surface area contributed by atoms with Gasteiger partial charge in [0.1, 0.15) is 5.52 Å². The van der Waals surface area contributed by atoms with Gasteiger partial charge in [-0.15, -0.1) is 0 Å². The number of hydrogen-bond acceptors (Lipinski definition) is 6. The molecular formula is C23H24FN7O2. The molecule has 1 saturated heterocycles. The molecule has 0 spiro atoms. The van der Waals surface area contributed by atoms with Crippen LogP contribution < -0.4 is 21.2 Å². The number of amides is 1. The molecule has 2 aromatic carbocycles. The number of aromatic nitrogens is 4. The summed E-state index contributed by atoms with van der Waals surface area (Å²) in [5, 5.41) is 11.6. The van der Waals surface area contributed by atoms with Crippen LogP contribution in [0.5, 0.6) is 0 Å². The second kappa shape index (κ2) is 7.96. The van der Waals surface area contributed by atoms with Crippen molar-refractivity contribution in [2.75, 3.05) is 23.3 Å². The van der Waals surface area contributed by atoms with E-state index in [0.29, 0.717) is 34.1 Å². The number of carbonyl (C=O) groups is 1. The number of nitrogens with one attached hydrogen (secondary N) is 3. The summed E-state index contributed by atoms with van der Waals surface area (Å²) in [6.07, 6.45) is 3.18. The molecule has 2 atom stereocenters. The average Bonchev–Trinajstić information content (AvgIpc) is 3.12. The minimum atomic E-state index is -0.543. The van der Waals surface area contributed by atoms with Crippen molar-refractivity contribution in [2.24, 2.45) is 7.05 Å². The van der Waals surface area contributed by atoms with Crippen LogP contribution in [0.15, 0.2) is 41.5 Å². The third-order valence-corrected chi connectivity index (χ3v) is 5.84. The standard InChI is InChI=1S/C23H24FN7O2/c1-12-9-31(10-13(2)26-12)19-5-4-16(21-17(19)8-25-23(33)28-21)22(32)27-15-6-14-11-30(3)29-20(14)18(24)7-15/h4-8,11-13,26H,9-10H2,1-3H3,(H,27,32)(H,25,28,33)/t12-,13-/m0/s1. The number of benzene rings is 2. The molecule has 0 radical (unpaired) electrons. The Hall–Kier alpha value is -3.79. The van der Waals surface area contributed by atoms with Crippen LogP contribution in [0.3, 0.4) is 0 Å². The first kappa shape index (κ1) is 21.1. The van der Waals surface area contributed by atoms with Gasteiger partial charge in [0.25, 0.3) is 5.91 Å². The molecule has 3 heterocycles. The van der Waals surface area contributed by atoms with Gasteiger partial charge in [-0.05, 0) is 38.1 Å². The normalized spacial score (nSPS) is 18.7. The summed E-state index contributed by atoms with van der Waals surface area (Å²) in [4.78, 5) is 34.0. The van der Waals surface area contributed by atoms with Crippen LogP contribution in [0, 0.1) is 5.82 Å². The molecule has 0 aliphatic carbocycles. The van der Waals surface area contributed by atoms with Crippen LogP contribution in [0.4, 0.5) is 15.8 Å². The lowest BCUT2D eigenvalue weighted by molar-refractivity contribution is 0.102. The number of aromatic amines is 1. The maximum absolute atomic E-state index is 14.4. The Morgan fingerprint density at radius 3 is 2.73 bits per heavy atom. The van der Waals surface area contributed by atoms with Gasteiger partial charge in [0, 0.05) is 66.8 Å². The number of piperazine rings is 1. The van der Waals surface area contributed by atoms with E-state index in [2.05, 4.69) is 44.4 Å². The Bertz CT molecular complexity index is 1430. The first-order valence-electron chi connectivity index (χ1n) is 10.8. The molecule has 10 heteroatoms. The molecule has 9 nitrogen and oxygen atoms in total. The molecule has 0 saturated carbocycles. The summed E-state index contributed by atoms with van der Waals surface area (Å²) in [6.45, 7) is 5.80. The number of anilines is 2. The van der Waals surface area contributed by atoms with E-state index < -0.39 is 17.4 Å². The molecule has 5 rings (SSSR count). The number of H-pyrrole nitrogens is 1. The van der Waals surface area contributed by atoms with Gasteiger partial charge in [-0.25, -0.2) is 14.2 Å². The van der Waals surface area contributed by atoms with Crippen LogP contribution in [0.1, 0.15) is 24.2 Å². The van der Waals surface area contributed by atoms with Gasteiger partial charge < -0.3 is 20.5 Å². The van der Waals surface area contributed by atoms with Crippen LogP contribution in [0.25, 0.3) is 21.8 Å². The van der Waals surface area contributed by atoms with E-state index in [9.17, 15) is 14.0 Å². The van der Waals surface area contributed by atoms with Crippen molar-refractivity contribution >= 4 is 39.1 Å². The zero-order chi connectivity index (χ0) is 23.3. The second-order valence-electron chi connectivity index (χ2n) is 8.64. The predicted molar refractivity (Wildman–Crippen MR) is 125 cm³/mol. The summed E-state index contributed by atoms with van der Waals surface area (Å²) in [7, 11) is 1.70. The SMILES string of the molecule is C[C@H]1CN(c2ccc(C(=O)Nc3cc(F)c4nn(C)cc4c3)c3[nH]c(=O)ncc23)C[C@H](C)N1.